The van der Waals surface area contributed by atoms with Crippen LogP contribution in [0.25, 0.3) is 0 Å². The minimum atomic E-state index is -3.03. The third-order valence-corrected chi connectivity index (χ3v) is 9.08. The molecule has 1 saturated heterocycles. The number of rotatable bonds is 6. The van der Waals surface area contributed by atoms with Crippen molar-refractivity contribution in [2.24, 2.45) is 4.99 Å². The van der Waals surface area contributed by atoms with Gasteiger partial charge in [-0.3, -0.25) is 9.79 Å². The summed E-state index contributed by atoms with van der Waals surface area (Å²) in [6.07, 6.45) is 0.900. The van der Waals surface area contributed by atoms with E-state index < -0.39 is 9.84 Å². The lowest BCUT2D eigenvalue weighted by Gasteiger charge is -2.24. The summed E-state index contributed by atoms with van der Waals surface area (Å²) in [6, 6.07) is 15.8. The lowest BCUT2D eigenvalue weighted by atomic mass is 10.0. The third-order valence-electron chi connectivity index (χ3n) is 5.83. The van der Waals surface area contributed by atoms with E-state index in [1.54, 1.807) is 0 Å². The van der Waals surface area contributed by atoms with Crippen molar-refractivity contribution in [3.05, 3.63) is 59.7 Å². The zero-order chi connectivity index (χ0) is 22.9. The van der Waals surface area contributed by atoms with Crippen molar-refractivity contribution >= 4 is 44.0 Å². The molecule has 170 valence electrons. The van der Waals surface area contributed by atoms with Crippen LogP contribution in [0.15, 0.2) is 53.5 Å². The van der Waals surface area contributed by atoms with Crippen LogP contribution in [-0.2, 0) is 21.1 Å². The molecule has 32 heavy (non-hydrogen) atoms. The Balaban J connectivity index is 1.57. The standard InChI is InChI=1S/C24H29N3O3S2/c1-4-17-6-5-7-19(12-17)25-23(28)13-27(20-10-8-18(9-11-20)16(2)3)24-26-21-14-32(29,30)15-22(21)31-24/h5-12,16,21-22H,4,13-15H2,1-3H3,(H,25,28)/t21-,22+/m0/s1. The Labute approximate surface area is 194 Å². The van der Waals surface area contributed by atoms with Gasteiger partial charge in [0.05, 0.1) is 17.5 Å². The first-order valence-electron chi connectivity index (χ1n) is 11.0. The summed E-state index contributed by atoms with van der Waals surface area (Å²) in [6.45, 7) is 6.47. The van der Waals surface area contributed by atoms with Gasteiger partial charge in [-0.05, 0) is 47.7 Å². The zero-order valence-electron chi connectivity index (χ0n) is 18.6. The molecular weight excluding hydrogens is 442 g/mol. The van der Waals surface area contributed by atoms with E-state index in [1.807, 2.05) is 41.3 Å². The number of carbonyl (C=O) groups excluding carboxylic acids is 1. The van der Waals surface area contributed by atoms with Crippen molar-refractivity contribution in [1.82, 2.24) is 0 Å². The number of fused-ring (bicyclic) bond motifs is 1. The Morgan fingerprint density at radius 3 is 2.59 bits per heavy atom. The van der Waals surface area contributed by atoms with Gasteiger partial charge in [-0.25, -0.2) is 8.42 Å². The van der Waals surface area contributed by atoms with E-state index in [4.69, 9.17) is 4.99 Å². The van der Waals surface area contributed by atoms with Gasteiger partial charge >= 0.3 is 0 Å². The van der Waals surface area contributed by atoms with Gasteiger partial charge in [0.25, 0.3) is 0 Å². The molecule has 4 rings (SSSR count). The van der Waals surface area contributed by atoms with Crippen LogP contribution in [0.1, 0.15) is 37.8 Å². The molecular formula is C24H29N3O3S2. The molecule has 1 N–H and O–H groups in total. The van der Waals surface area contributed by atoms with Crippen molar-refractivity contribution in [1.29, 1.82) is 0 Å². The van der Waals surface area contributed by atoms with E-state index >= 15 is 0 Å². The van der Waals surface area contributed by atoms with Crippen LogP contribution in [0.5, 0.6) is 0 Å². The van der Waals surface area contributed by atoms with Crippen LogP contribution in [-0.4, -0.2) is 48.8 Å². The second-order valence-electron chi connectivity index (χ2n) is 8.65. The van der Waals surface area contributed by atoms with Crippen molar-refractivity contribution in [2.75, 3.05) is 28.3 Å². The predicted octanol–water partition coefficient (Wildman–Crippen LogP) is 4.09. The molecule has 6 nitrogen and oxygen atoms in total. The first-order chi connectivity index (χ1) is 15.2. The first-order valence-corrected chi connectivity index (χ1v) is 13.7. The fraction of sp³-hybridized carbons (Fsp3) is 0.417. The number of benzene rings is 2. The number of anilines is 2. The number of aliphatic imine (C=N–C) groups is 1. The van der Waals surface area contributed by atoms with E-state index in [0.717, 1.165) is 23.4 Å². The molecule has 0 saturated carbocycles. The van der Waals surface area contributed by atoms with Gasteiger partial charge in [0.2, 0.25) is 5.91 Å². The lowest BCUT2D eigenvalue weighted by molar-refractivity contribution is -0.114. The minimum Gasteiger partial charge on any atom is -0.325 e. The predicted molar refractivity (Wildman–Crippen MR) is 134 cm³/mol. The largest absolute Gasteiger partial charge is 0.325 e. The van der Waals surface area contributed by atoms with E-state index in [2.05, 4.69) is 38.2 Å². The number of aryl methyl sites for hydroxylation is 1. The molecule has 0 bridgehead atoms. The van der Waals surface area contributed by atoms with Gasteiger partial charge in [0, 0.05) is 16.6 Å². The Hall–Kier alpha value is -2.32. The van der Waals surface area contributed by atoms with Crippen molar-refractivity contribution in [3.63, 3.8) is 0 Å². The summed E-state index contributed by atoms with van der Waals surface area (Å²) < 4.78 is 23.9. The van der Waals surface area contributed by atoms with Crippen molar-refractivity contribution in [3.8, 4) is 0 Å². The van der Waals surface area contributed by atoms with E-state index in [9.17, 15) is 13.2 Å². The summed E-state index contributed by atoms with van der Waals surface area (Å²) in [5, 5.41) is 3.63. The quantitative estimate of drug-likeness (QED) is 0.687. The fourth-order valence-electron chi connectivity index (χ4n) is 3.99. The zero-order valence-corrected chi connectivity index (χ0v) is 20.2. The molecule has 2 aliphatic rings. The molecule has 0 aliphatic carbocycles. The number of nitrogens with one attached hydrogen (secondary N) is 1. The van der Waals surface area contributed by atoms with Crippen LogP contribution in [0.4, 0.5) is 11.4 Å². The molecule has 0 aromatic heterocycles. The second kappa shape index (κ2) is 9.27. The summed E-state index contributed by atoms with van der Waals surface area (Å²) in [4.78, 5) is 19.6. The summed E-state index contributed by atoms with van der Waals surface area (Å²) >= 11 is 1.47. The van der Waals surface area contributed by atoms with Gasteiger partial charge in [0.15, 0.2) is 15.0 Å². The first kappa shape index (κ1) is 22.9. The van der Waals surface area contributed by atoms with Crippen LogP contribution in [0.2, 0.25) is 0 Å². The van der Waals surface area contributed by atoms with Crippen LogP contribution >= 0.6 is 11.8 Å². The highest BCUT2D eigenvalue weighted by Crippen LogP contribution is 2.37. The highest BCUT2D eigenvalue weighted by molar-refractivity contribution is 8.15. The Morgan fingerprint density at radius 2 is 1.94 bits per heavy atom. The van der Waals surface area contributed by atoms with Crippen molar-refractivity contribution in [2.45, 2.75) is 44.4 Å². The molecule has 0 unspecified atom stereocenters. The number of carbonyl (C=O) groups is 1. The Bertz CT molecular complexity index is 1130. The SMILES string of the molecule is CCc1cccc(NC(=O)CN(C2=N[C@H]3CS(=O)(=O)C[C@H]3S2)c2ccc(C(C)C)cc2)c1. The van der Waals surface area contributed by atoms with E-state index in [0.29, 0.717) is 11.1 Å². The van der Waals surface area contributed by atoms with Gasteiger partial charge in [-0.2, -0.15) is 0 Å². The number of thioether (sulfide) groups is 1. The maximum Gasteiger partial charge on any atom is 0.244 e. The molecule has 0 spiro atoms. The molecule has 2 aromatic rings. The molecule has 8 heteroatoms. The number of amidine groups is 1. The number of nitrogens with zero attached hydrogens (tertiary/aromatic N) is 2. The summed E-state index contributed by atoms with van der Waals surface area (Å²) in [5.41, 5.74) is 4.03. The molecule has 1 fully saturated rings. The lowest BCUT2D eigenvalue weighted by Crippen LogP contribution is -2.36. The third kappa shape index (κ3) is 5.18. The number of amides is 1. The van der Waals surface area contributed by atoms with Gasteiger partial charge in [-0.15, -0.1) is 0 Å². The molecule has 2 atom stereocenters. The van der Waals surface area contributed by atoms with Gasteiger partial charge in [-0.1, -0.05) is 56.8 Å². The Morgan fingerprint density at radius 1 is 1.19 bits per heavy atom. The molecule has 0 radical (unpaired) electrons. The number of sulfone groups is 1. The molecule has 2 heterocycles. The maximum atomic E-state index is 13.0. The van der Waals surface area contributed by atoms with E-state index in [1.165, 1.54) is 17.3 Å². The smallest absolute Gasteiger partial charge is 0.244 e. The van der Waals surface area contributed by atoms with Crippen LogP contribution < -0.4 is 10.2 Å². The monoisotopic (exact) mass is 471 g/mol. The number of hydrogen-bond donors (Lipinski definition) is 1. The average Bonchev–Trinajstić information content (AvgIpc) is 3.25. The summed E-state index contributed by atoms with van der Waals surface area (Å²) in [5.74, 6) is 0.504. The van der Waals surface area contributed by atoms with Crippen LogP contribution in [0.3, 0.4) is 0 Å². The Kier molecular flexibility index (Phi) is 6.62. The highest BCUT2D eigenvalue weighted by atomic mass is 32.2. The van der Waals surface area contributed by atoms with Gasteiger partial charge < -0.3 is 10.2 Å². The van der Waals surface area contributed by atoms with E-state index in [-0.39, 0.29) is 35.2 Å². The number of hydrogen-bond acceptors (Lipinski definition) is 6. The maximum absolute atomic E-state index is 13.0. The van der Waals surface area contributed by atoms with Crippen molar-refractivity contribution < 1.29 is 13.2 Å². The minimum absolute atomic E-state index is 0.0725. The van der Waals surface area contributed by atoms with Crippen LogP contribution in [0, 0.1) is 0 Å². The molecule has 1 amide bonds. The van der Waals surface area contributed by atoms with Gasteiger partial charge in [0.1, 0.15) is 6.54 Å². The molecule has 2 aromatic carbocycles. The second-order valence-corrected chi connectivity index (χ2v) is 12.0. The average molecular weight is 472 g/mol. The topological polar surface area (TPSA) is 78.8 Å². The highest BCUT2D eigenvalue weighted by Gasteiger charge is 2.44. The molecule has 2 aliphatic heterocycles. The fourth-order valence-corrected chi connectivity index (χ4v) is 7.77. The summed E-state index contributed by atoms with van der Waals surface area (Å²) in [7, 11) is -3.03. The normalized spacial score (nSPS) is 21.3.